The monoisotopic (exact) mass is 302 g/mol. The van der Waals surface area contributed by atoms with Crippen LogP contribution in [0, 0.1) is 0 Å². The molecule has 0 amide bonds. The zero-order valence-electron chi connectivity index (χ0n) is 7.87. The largest absolute Gasteiger partial charge is 0.289 e. The fourth-order valence-electron chi connectivity index (χ4n) is 1.25. The van der Waals surface area contributed by atoms with Crippen LogP contribution in [-0.4, -0.2) is 6.16 Å². The lowest BCUT2D eigenvalue weighted by atomic mass is 10.1. The minimum atomic E-state index is -2.96. The first-order valence-electron chi connectivity index (χ1n) is 4.42. The number of hydrogen-bond donors (Lipinski definition) is 0. The Morgan fingerprint density at radius 2 is 1.87 bits per heavy atom. The van der Waals surface area contributed by atoms with E-state index in [1.54, 1.807) is 0 Å². The molecule has 0 aromatic heterocycles. The molecule has 1 aromatic carbocycles. The number of halogens is 3. The minimum Gasteiger partial charge on any atom is -0.289 e. The van der Waals surface area contributed by atoms with Gasteiger partial charge in [0.2, 0.25) is 0 Å². The van der Waals surface area contributed by atoms with E-state index in [1.807, 2.05) is 30.3 Å². The SMILES string of the molecule is O=P(Cl)(Cl)CCC(PCl)c1ccccc1. The molecule has 0 aliphatic heterocycles. The Bertz CT molecular complexity index is 338. The Hall–Kier alpha value is 0.750. The van der Waals surface area contributed by atoms with Gasteiger partial charge in [0.05, 0.1) is 0 Å². The first-order valence-corrected chi connectivity index (χ1v) is 10.2. The maximum atomic E-state index is 11.2. The summed E-state index contributed by atoms with van der Waals surface area (Å²) in [6, 6.07) is 9.88. The molecule has 0 aliphatic rings. The summed E-state index contributed by atoms with van der Waals surface area (Å²) in [6.07, 6.45) is 0.978. The number of hydrogen-bond acceptors (Lipinski definition) is 1. The van der Waals surface area contributed by atoms with Gasteiger partial charge in [-0.3, -0.25) is 4.57 Å². The van der Waals surface area contributed by atoms with Gasteiger partial charge in [-0.1, -0.05) is 41.6 Å². The van der Waals surface area contributed by atoms with Gasteiger partial charge in [-0.2, -0.15) is 0 Å². The van der Waals surface area contributed by atoms with Crippen molar-refractivity contribution in [2.75, 3.05) is 6.16 Å². The molecule has 0 heterocycles. The Kier molecular flexibility index (Phi) is 5.96. The Morgan fingerprint density at radius 3 is 2.33 bits per heavy atom. The predicted octanol–water partition coefficient (Wildman–Crippen LogP) is 5.62. The summed E-state index contributed by atoms with van der Waals surface area (Å²) in [6.45, 7) is 0. The van der Waals surface area contributed by atoms with E-state index in [1.165, 1.54) is 0 Å². The second kappa shape index (κ2) is 6.48. The molecule has 2 unspecified atom stereocenters. The van der Waals surface area contributed by atoms with Gasteiger partial charge in [0.1, 0.15) is 0 Å². The molecule has 0 saturated carbocycles. The van der Waals surface area contributed by atoms with Crippen LogP contribution in [0.15, 0.2) is 30.3 Å². The van der Waals surface area contributed by atoms with Gasteiger partial charge in [-0.25, -0.2) is 0 Å². The Labute approximate surface area is 106 Å². The minimum absolute atomic E-state index is 0.193. The molecule has 6 heteroatoms. The molecule has 2 atom stereocenters. The quantitative estimate of drug-likeness (QED) is 0.645. The standard InChI is InChI=1S/C9H11Cl3OP2/c10-14-9(6-7-15(11,12)13)8-4-2-1-3-5-8/h1-5,9,14H,6-7H2. The highest BCUT2D eigenvalue weighted by Gasteiger charge is 2.18. The van der Waals surface area contributed by atoms with Gasteiger partial charge in [-0.05, 0) is 42.4 Å². The van der Waals surface area contributed by atoms with Crippen LogP contribution in [0.2, 0.25) is 0 Å². The van der Waals surface area contributed by atoms with Crippen molar-refractivity contribution >= 4 is 47.5 Å². The lowest BCUT2D eigenvalue weighted by Gasteiger charge is -2.13. The van der Waals surface area contributed by atoms with Crippen molar-refractivity contribution in [3.63, 3.8) is 0 Å². The van der Waals surface area contributed by atoms with Crippen LogP contribution in [0.4, 0.5) is 0 Å². The molecule has 15 heavy (non-hydrogen) atoms. The van der Waals surface area contributed by atoms with Crippen LogP contribution in [0.5, 0.6) is 0 Å². The number of rotatable bonds is 5. The second-order valence-electron chi connectivity index (χ2n) is 3.15. The molecule has 0 spiro atoms. The van der Waals surface area contributed by atoms with E-state index in [2.05, 4.69) is 0 Å². The third-order valence-electron chi connectivity index (χ3n) is 2.01. The van der Waals surface area contributed by atoms with Gasteiger partial charge < -0.3 is 0 Å². The average Bonchev–Trinajstić information content (AvgIpc) is 2.19. The summed E-state index contributed by atoms with van der Waals surface area (Å²) in [5.74, 6) is -2.96. The van der Waals surface area contributed by atoms with Gasteiger partial charge >= 0.3 is 0 Å². The lowest BCUT2D eigenvalue weighted by molar-refractivity contribution is 0.591. The maximum absolute atomic E-state index is 11.2. The van der Waals surface area contributed by atoms with Crippen LogP contribution < -0.4 is 0 Å². The molecule has 0 aliphatic carbocycles. The Morgan fingerprint density at radius 1 is 1.27 bits per heavy atom. The summed E-state index contributed by atoms with van der Waals surface area (Å²) < 4.78 is 11.2. The molecule has 0 saturated heterocycles. The van der Waals surface area contributed by atoms with Crippen molar-refractivity contribution in [3.05, 3.63) is 35.9 Å². The van der Waals surface area contributed by atoms with Crippen LogP contribution in [0.3, 0.4) is 0 Å². The summed E-state index contributed by atoms with van der Waals surface area (Å²) in [5.41, 5.74) is 1.34. The smallest absolute Gasteiger partial charge is 0.253 e. The van der Waals surface area contributed by atoms with E-state index in [-0.39, 0.29) is 13.6 Å². The zero-order chi connectivity index (χ0) is 11.3. The van der Waals surface area contributed by atoms with Crippen LogP contribution >= 0.6 is 47.5 Å². The predicted molar refractivity (Wildman–Crippen MR) is 72.1 cm³/mol. The van der Waals surface area contributed by atoms with Gasteiger partial charge in [0.15, 0.2) is 0 Å². The fourth-order valence-corrected chi connectivity index (χ4v) is 3.91. The zero-order valence-corrected chi connectivity index (χ0v) is 12.0. The molecular weight excluding hydrogens is 292 g/mol. The van der Waals surface area contributed by atoms with E-state index >= 15 is 0 Å². The van der Waals surface area contributed by atoms with Crippen molar-refractivity contribution < 1.29 is 4.57 Å². The van der Waals surface area contributed by atoms with Gasteiger partial charge in [0, 0.05) is 11.8 Å². The normalized spacial score (nSPS) is 14.6. The van der Waals surface area contributed by atoms with Crippen molar-refractivity contribution in [2.45, 2.75) is 12.1 Å². The molecule has 0 bridgehead atoms. The van der Waals surface area contributed by atoms with E-state index in [0.29, 0.717) is 12.6 Å². The summed E-state index contributed by atoms with van der Waals surface area (Å²) in [5, 5.41) is 0. The van der Waals surface area contributed by atoms with Crippen molar-refractivity contribution in [2.24, 2.45) is 0 Å². The van der Waals surface area contributed by atoms with E-state index < -0.39 is 5.85 Å². The Balaban J connectivity index is 2.62. The molecule has 0 fully saturated rings. The summed E-state index contributed by atoms with van der Waals surface area (Å²) in [4.78, 5) is 0. The van der Waals surface area contributed by atoms with Gasteiger partial charge in [0.25, 0.3) is 5.85 Å². The van der Waals surface area contributed by atoms with E-state index in [4.69, 9.17) is 33.7 Å². The van der Waals surface area contributed by atoms with Crippen molar-refractivity contribution in [1.29, 1.82) is 0 Å². The van der Waals surface area contributed by atoms with Crippen LogP contribution in [0.25, 0.3) is 0 Å². The van der Waals surface area contributed by atoms with Gasteiger partial charge in [-0.15, -0.1) is 0 Å². The third-order valence-corrected chi connectivity index (χ3v) is 5.48. The molecular formula is C9H11Cl3OP2. The van der Waals surface area contributed by atoms with Crippen molar-refractivity contribution in [1.82, 2.24) is 0 Å². The second-order valence-corrected chi connectivity index (χ2v) is 10.1. The van der Waals surface area contributed by atoms with Crippen LogP contribution in [0.1, 0.15) is 17.6 Å². The fraction of sp³-hybridized carbons (Fsp3) is 0.333. The van der Waals surface area contributed by atoms with E-state index in [9.17, 15) is 4.57 Å². The topological polar surface area (TPSA) is 17.1 Å². The maximum Gasteiger partial charge on any atom is 0.253 e. The lowest BCUT2D eigenvalue weighted by Crippen LogP contribution is -1.93. The molecule has 0 N–H and O–H groups in total. The van der Waals surface area contributed by atoms with E-state index in [0.717, 1.165) is 5.56 Å². The number of benzene rings is 1. The highest BCUT2D eigenvalue weighted by Crippen LogP contribution is 2.58. The average molecular weight is 303 g/mol. The molecule has 84 valence electrons. The third kappa shape index (κ3) is 5.57. The first-order chi connectivity index (χ1) is 7.03. The van der Waals surface area contributed by atoms with Crippen molar-refractivity contribution in [3.8, 4) is 0 Å². The summed E-state index contributed by atoms with van der Waals surface area (Å²) >= 11 is 16.9. The molecule has 1 rings (SSSR count). The highest BCUT2D eigenvalue weighted by atomic mass is 35.9. The summed E-state index contributed by atoms with van der Waals surface area (Å²) in [7, 11) is 0.246. The molecule has 0 radical (unpaired) electrons. The first kappa shape index (κ1) is 13.8. The molecule has 1 nitrogen and oxygen atoms in total. The van der Waals surface area contributed by atoms with Crippen LogP contribution in [-0.2, 0) is 4.57 Å². The highest BCUT2D eigenvalue weighted by molar-refractivity contribution is 8.08. The molecule has 1 aromatic rings.